The van der Waals surface area contributed by atoms with Gasteiger partial charge < -0.3 is 9.47 Å². The van der Waals surface area contributed by atoms with Crippen LogP contribution in [0.4, 0.5) is 0 Å². The number of fused-ring (bicyclic) bond motifs is 1. The smallest absolute Gasteiger partial charge is 0.282 e. The van der Waals surface area contributed by atoms with Crippen molar-refractivity contribution in [3.8, 4) is 11.5 Å². The molecule has 1 aromatic heterocycles. The standard InChI is InChI=1S/C24H26Br3N3O3/c1-5-7-8-20-29-18-10-9-16(25)12-17(18)24(31)30(20)28-13-15-11-19(32-4)23(22(27)21(15)26)33-14(3)6-2/h9-14H,5-8H2,1-4H3/t14-/m0/s1. The Balaban J connectivity index is 2.12. The summed E-state index contributed by atoms with van der Waals surface area (Å²) in [4.78, 5) is 18.0. The van der Waals surface area contributed by atoms with Crippen LogP contribution in [0.2, 0.25) is 0 Å². The van der Waals surface area contributed by atoms with Crippen molar-refractivity contribution in [1.29, 1.82) is 0 Å². The quantitative estimate of drug-likeness (QED) is 0.234. The van der Waals surface area contributed by atoms with Crippen LogP contribution in [-0.2, 0) is 6.42 Å². The third-order valence-corrected chi connectivity index (χ3v) is 7.85. The highest BCUT2D eigenvalue weighted by Crippen LogP contribution is 2.43. The first kappa shape index (κ1) is 25.9. The Labute approximate surface area is 218 Å². The summed E-state index contributed by atoms with van der Waals surface area (Å²) in [5.74, 6) is 1.83. The first-order valence-corrected chi connectivity index (χ1v) is 13.2. The number of halogens is 3. The van der Waals surface area contributed by atoms with Crippen molar-refractivity contribution in [2.24, 2.45) is 5.10 Å². The van der Waals surface area contributed by atoms with Crippen molar-refractivity contribution >= 4 is 64.9 Å². The maximum absolute atomic E-state index is 13.3. The lowest BCUT2D eigenvalue weighted by molar-refractivity contribution is 0.206. The van der Waals surface area contributed by atoms with Gasteiger partial charge in [0.2, 0.25) is 0 Å². The summed E-state index contributed by atoms with van der Waals surface area (Å²) >= 11 is 10.7. The Morgan fingerprint density at radius 1 is 1.18 bits per heavy atom. The van der Waals surface area contributed by atoms with Crippen LogP contribution >= 0.6 is 47.8 Å². The molecule has 1 heterocycles. The fourth-order valence-corrected chi connectivity index (χ4v) is 4.45. The SMILES string of the molecule is CCCCc1nc2ccc(Br)cc2c(=O)n1N=Cc1cc(OC)c(O[C@@H](C)CC)c(Br)c1Br. The molecule has 0 N–H and O–H groups in total. The Bertz CT molecular complexity index is 1240. The molecule has 2 aromatic carbocycles. The van der Waals surface area contributed by atoms with E-state index in [4.69, 9.17) is 14.5 Å². The zero-order chi connectivity index (χ0) is 24.1. The van der Waals surface area contributed by atoms with E-state index < -0.39 is 0 Å². The molecule has 0 saturated heterocycles. The third kappa shape index (κ3) is 5.87. The van der Waals surface area contributed by atoms with E-state index in [1.807, 2.05) is 25.1 Å². The molecule has 0 unspecified atom stereocenters. The highest BCUT2D eigenvalue weighted by molar-refractivity contribution is 9.13. The molecule has 0 saturated carbocycles. The molecule has 0 aliphatic rings. The summed E-state index contributed by atoms with van der Waals surface area (Å²) in [6.45, 7) is 6.17. The highest BCUT2D eigenvalue weighted by Gasteiger charge is 2.18. The van der Waals surface area contributed by atoms with E-state index in [-0.39, 0.29) is 11.7 Å². The Morgan fingerprint density at radius 2 is 1.94 bits per heavy atom. The molecule has 0 radical (unpaired) electrons. The van der Waals surface area contributed by atoms with Gasteiger partial charge in [-0.2, -0.15) is 9.78 Å². The summed E-state index contributed by atoms with van der Waals surface area (Å²) in [5, 5.41) is 5.06. The number of rotatable bonds is 9. The van der Waals surface area contributed by atoms with Gasteiger partial charge in [0.15, 0.2) is 11.5 Å². The molecule has 0 fully saturated rings. The van der Waals surface area contributed by atoms with Crippen molar-refractivity contribution in [3.63, 3.8) is 0 Å². The summed E-state index contributed by atoms with van der Waals surface area (Å²) in [7, 11) is 1.60. The topological polar surface area (TPSA) is 65.7 Å². The van der Waals surface area contributed by atoms with Gasteiger partial charge in [-0.05, 0) is 75.9 Å². The number of methoxy groups -OCH3 is 1. The molecule has 6 nitrogen and oxygen atoms in total. The molecular formula is C24H26Br3N3O3. The number of nitrogens with zero attached hydrogens (tertiary/aromatic N) is 3. The van der Waals surface area contributed by atoms with Crippen molar-refractivity contribution in [2.45, 2.75) is 52.6 Å². The van der Waals surface area contributed by atoms with Crippen LogP contribution in [0.3, 0.4) is 0 Å². The van der Waals surface area contributed by atoms with E-state index in [1.54, 1.807) is 19.4 Å². The predicted molar refractivity (Wildman–Crippen MR) is 144 cm³/mol. The maximum Gasteiger partial charge on any atom is 0.282 e. The van der Waals surface area contributed by atoms with Gasteiger partial charge in [-0.1, -0.05) is 36.2 Å². The van der Waals surface area contributed by atoms with Crippen molar-refractivity contribution in [1.82, 2.24) is 9.66 Å². The summed E-state index contributed by atoms with van der Waals surface area (Å²) < 4.78 is 15.3. The number of benzene rings is 2. The summed E-state index contributed by atoms with van der Waals surface area (Å²) in [5.41, 5.74) is 1.19. The van der Waals surface area contributed by atoms with Gasteiger partial charge in [0.05, 0.1) is 34.8 Å². The molecule has 3 rings (SSSR count). The largest absolute Gasteiger partial charge is 0.493 e. The second-order valence-electron chi connectivity index (χ2n) is 7.62. The van der Waals surface area contributed by atoms with Crippen LogP contribution in [0.5, 0.6) is 11.5 Å². The summed E-state index contributed by atoms with van der Waals surface area (Å²) in [6, 6.07) is 7.34. The van der Waals surface area contributed by atoms with Crippen LogP contribution in [0.25, 0.3) is 10.9 Å². The first-order chi connectivity index (χ1) is 15.8. The van der Waals surface area contributed by atoms with Gasteiger partial charge in [-0.25, -0.2) is 4.98 Å². The second-order valence-corrected chi connectivity index (χ2v) is 10.1. The van der Waals surface area contributed by atoms with Gasteiger partial charge >= 0.3 is 0 Å². The van der Waals surface area contributed by atoms with Gasteiger partial charge in [0, 0.05) is 20.9 Å². The molecule has 9 heteroatoms. The van der Waals surface area contributed by atoms with Crippen molar-refractivity contribution < 1.29 is 9.47 Å². The van der Waals surface area contributed by atoms with Crippen LogP contribution in [-0.4, -0.2) is 29.1 Å². The van der Waals surface area contributed by atoms with Gasteiger partial charge in [-0.15, -0.1) is 0 Å². The van der Waals surface area contributed by atoms with E-state index >= 15 is 0 Å². The van der Waals surface area contributed by atoms with Crippen LogP contribution in [0, 0.1) is 0 Å². The molecule has 0 bridgehead atoms. The number of ether oxygens (including phenoxy) is 2. The van der Waals surface area contributed by atoms with Crippen LogP contribution in [0.1, 0.15) is 51.4 Å². The van der Waals surface area contributed by atoms with E-state index in [9.17, 15) is 4.79 Å². The minimum absolute atomic E-state index is 0.0318. The fraction of sp³-hybridized carbons (Fsp3) is 0.375. The number of hydrogen-bond donors (Lipinski definition) is 0. The maximum atomic E-state index is 13.3. The Hall–Kier alpha value is -1.71. The second kappa shape index (κ2) is 11.6. The number of unbranched alkanes of at least 4 members (excludes halogenated alkanes) is 1. The van der Waals surface area contributed by atoms with Crippen LogP contribution in [0.15, 0.2) is 47.6 Å². The third-order valence-electron chi connectivity index (χ3n) is 5.21. The molecule has 176 valence electrons. The van der Waals surface area contributed by atoms with Crippen molar-refractivity contribution in [2.75, 3.05) is 7.11 Å². The Kier molecular flexibility index (Phi) is 9.12. The lowest BCUT2D eigenvalue weighted by atomic mass is 10.2. The van der Waals surface area contributed by atoms with E-state index in [1.165, 1.54) is 4.68 Å². The molecule has 0 aliphatic carbocycles. The molecular weight excluding hydrogens is 618 g/mol. The monoisotopic (exact) mass is 641 g/mol. The normalized spacial score (nSPS) is 12.5. The molecule has 3 aromatic rings. The van der Waals surface area contributed by atoms with E-state index in [2.05, 4.69) is 66.7 Å². The molecule has 1 atom stereocenters. The molecule has 0 spiro atoms. The van der Waals surface area contributed by atoms with Gasteiger partial charge in [0.1, 0.15) is 5.82 Å². The zero-order valence-corrected chi connectivity index (χ0v) is 23.8. The van der Waals surface area contributed by atoms with E-state index in [0.717, 1.165) is 38.2 Å². The molecule has 0 aliphatic heterocycles. The average Bonchev–Trinajstić information content (AvgIpc) is 2.81. The Morgan fingerprint density at radius 3 is 2.61 bits per heavy atom. The minimum Gasteiger partial charge on any atom is -0.493 e. The van der Waals surface area contributed by atoms with E-state index in [0.29, 0.717) is 34.6 Å². The lowest BCUT2D eigenvalue weighted by Crippen LogP contribution is -2.22. The predicted octanol–water partition coefficient (Wildman–Crippen LogP) is 7.09. The minimum atomic E-state index is -0.206. The first-order valence-electron chi connectivity index (χ1n) is 10.8. The van der Waals surface area contributed by atoms with Gasteiger partial charge in [-0.3, -0.25) is 4.79 Å². The average molecular weight is 644 g/mol. The van der Waals surface area contributed by atoms with Crippen molar-refractivity contribution in [3.05, 3.63) is 59.4 Å². The number of aryl methyl sites for hydroxylation is 1. The van der Waals surface area contributed by atoms with Gasteiger partial charge in [0.25, 0.3) is 5.56 Å². The molecule has 0 amide bonds. The number of aromatic nitrogens is 2. The zero-order valence-electron chi connectivity index (χ0n) is 19.0. The molecule has 33 heavy (non-hydrogen) atoms. The fourth-order valence-electron chi connectivity index (χ4n) is 3.18. The summed E-state index contributed by atoms with van der Waals surface area (Å²) in [6.07, 6.45) is 5.09. The lowest BCUT2D eigenvalue weighted by Gasteiger charge is -2.18. The highest BCUT2D eigenvalue weighted by atomic mass is 79.9. The van der Waals surface area contributed by atoms with Crippen LogP contribution < -0.4 is 15.0 Å². The number of hydrogen-bond acceptors (Lipinski definition) is 5.